The van der Waals surface area contributed by atoms with Crippen LogP contribution in [0, 0.1) is 6.92 Å². The molecule has 0 N–H and O–H groups in total. The second kappa shape index (κ2) is 15.7. The van der Waals surface area contributed by atoms with Crippen molar-refractivity contribution in [3.05, 3.63) is 251 Å². The molecule has 3 aromatic heterocycles. The lowest BCUT2D eigenvalue weighted by Gasteiger charge is -2.32. The van der Waals surface area contributed by atoms with Gasteiger partial charge in [0, 0.05) is 82.4 Å². The molecule has 14 aromatic rings. The van der Waals surface area contributed by atoms with E-state index < -0.39 is 0 Å². The van der Waals surface area contributed by atoms with Crippen LogP contribution < -0.4 is 4.90 Å². The number of fused-ring (bicyclic) bond motifs is 22. The molecule has 4 nitrogen and oxygen atoms in total. The van der Waals surface area contributed by atoms with Gasteiger partial charge in [-0.1, -0.05) is 175 Å². The largest absolute Gasteiger partial charge is 0.455 e. The predicted octanol–water partition coefficient (Wildman–Crippen LogP) is 20.9. The van der Waals surface area contributed by atoms with Crippen LogP contribution in [0.5, 0.6) is 0 Å². The molecule has 0 saturated heterocycles. The van der Waals surface area contributed by atoms with E-state index >= 15 is 0 Å². The summed E-state index contributed by atoms with van der Waals surface area (Å²) in [6.07, 6.45) is 0. The molecule has 0 saturated carbocycles. The van der Waals surface area contributed by atoms with Gasteiger partial charge in [-0.05, 0) is 158 Å². The van der Waals surface area contributed by atoms with Crippen LogP contribution in [0.2, 0.25) is 0 Å². The number of nitrogens with zero attached hydrogens (tertiary/aromatic N) is 2. The molecule has 17 rings (SSSR count). The molecule has 0 aliphatic heterocycles. The Balaban J connectivity index is 0.915. The van der Waals surface area contributed by atoms with E-state index in [1.807, 2.05) is 0 Å². The van der Waals surface area contributed by atoms with Crippen molar-refractivity contribution in [2.45, 2.75) is 64.7 Å². The van der Waals surface area contributed by atoms with Gasteiger partial charge < -0.3 is 18.3 Å². The van der Waals surface area contributed by atoms with Gasteiger partial charge >= 0.3 is 0 Å². The summed E-state index contributed by atoms with van der Waals surface area (Å²) in [6, 6.07) is 78.7. The van der Waals surface area contributed by atoms with E-state index in [2.05, 4.69) is 270 Å². The Bertz CT molecular complexity index is 5050. The van der Waals surface area contributed by atoms with Crippen LogP contribution in [0.4, 0.5) is 17.1 Å². The summed E-state index contributed by atoms with van der Waals surface area (Å²) in [6.45, 7) is 16.8. The quantitative estimate of drug-likeness (QED) is 0.172. The van der Waals surface area contributed by atoms with E-state index in [9.17, 15) is 0 Å². The van der Waals surface area contributed by atoms with Crippen molar-refractivity contribution in [1.29, 1.82) is 0 Å². The Labute approximate surface area is 464 Å². The molecule has 382 valence electrons. The van der Waals surface area contributed by atoms with Crippen LogP contribution in [0.1, 0.15) is 80.5 Å². The third-order valence-corrected chi connectivity index (χ3v) is 19.0. The van der Waals surface area contributed by atoms with Crippen molar-refractivity contribution in [1.82, 2.24) is 4.57 Å². The third-order valence-electron chi connectivity index (χ3n) is 19.0. The molecule has 0 unspecified atom stereocenters. The molecule has 4 heteroatoms. The van der Waals surface area contributed by atoms with Crippen molar-refractivity contribution in [3.63, 3.8) is 0 Å². The Morgan fingerprint density at radius 1 is 0.350 bits per heavy atom. The zero-order chi connectivity index (χ0) is 53.7. The normalized spacial score (nSPS) is 15.0. The van der Waals surface area contributed by atoms with Gasteiger partial charge in [0.05, 0.1) is 11.0 Å². The van der Waals surface area contributed by atoms with Crippen LogP contribution >= 0.6 is 0 Å². The molecule has 0 fully saturated rings. The summed E-state index contributed by atoms with van der Waals surface area (Å²) < 4.78 is 16.5. The molecule has 11 aromatic carbocycles. The van der Waals surface area contributed by atoms with Crippen LogP contribution in [0.3, 0.4) is 0 Å². The monoisotopic (exact) mass is 1030 g/mol. The number of aryl methyl sites for hydroxylation is 1. The lowest BCUT2D eigenvalue weighted by Crippen LogP contribution is -2.24. The minimum absolute atomic E-state index is 0.241. The van der Waals surface area contributed by atoms with Gasteiger partial charge in [-0.2, -0.15) is 0 Å². The second-order valence-electron chi connectivity index (χ2n) is 24.4. The Kier molecular flexibility index (Phi) is 8.94. The number of anilines is 3. The molecular formula is C76H56N2O2. The van der Waals surface area contributed by atoms with Crippen molar-refractivity contribution in [3.8, 4) is 50.2 Å². The first-order valence-electron chi connectivity index (χ1n) is 28.2. The molecule has 0 atom stereocenters. The Hall–Kier alpha value is -9.38. The van der Waals surface area contributed by atoms with Gasteiger partial charge in [-0.3, -0.25) is 0 Å². The maximum absolute atomic E-state index is 7.13. The highest BCUT2D eigenvalue weighted by molar-refractivity contribution is 6.22. The molecule has 0 bridgehead atoms. The summed E-state index contributed by atoms with van der Waals surface area (Å²) in [5.41, 5.74) is 28.8. The van der Waals surface area contributed by atoms with Crippen LogP contribution in [0.25, 0.3) is 116 Å². The number of benzene rings is 11. The average molecular weight is 1030 g/mol. The van der Waals surface area contributed by atoms with Crippen molar-refractivity contribution in [2.24, 2.45) is 0 Å². The Morgan fingerprint density at radius 2 is 0.863 bits per heavy atom. The first-order chi connectivity index (χ1) is 38.9. The summed E-state index contributed by atoms with van der Waals surface area (Å²) in [5, 5.41) is 7.14. The minimum atomic E-state index is -0.384. The van der Waals surface area contributed by atoms with Gasteiger partial charge in [0.15, 0.2) is 0 Å². The average Bonchev–Trinajstić information content (AvgIpc) is 4.46. The lowest BCUT2D eigenvalue weighted by atomic mass is 9.72. The molecule has 0 amide bonds. The topological polar surface area (TPSA) is 34.5 Å². The fourth-order valence-electron chi connectivity index (χ4n) is 15.4. The SMILES string of the molecule is Cc1ccccc1-c1cc2c(c3c1oc1ccccc13)-c1ccc(N(c3ccc4c(c3)C(C)(C)c3c5c(c6c(oc7ccccc76)c3-4)-c3ccccc3C5(C)C)c3ccc4c(c3)c3ccccc3n4-c3ccccc3)cc1C2(C)C. The molecule has 3 aliphatic carbocycles. The van der Waals surface area contributed by atoms with E-state index in [-0.39, 0.29) is 16.2 Å². The molecule has 3 aliphatic rings. The summed E-state index contributed by atoms with van der Waals surface area (Å²) in [5.74, 6) is 0. The third kappa shape index (κ3) is 5.80. The number of furan rings is 2. The minimum Gasteiger partial charge on any atom is -0.455 e. The standard InChI is InChI=1S/C76H56N2O2/c1-43-21-11-12-24-48(43)56-42-60-65(67-53-27-15-19-31-63(53)79-72(56)67)51-36-33-46(40-58(51)74(60,2)3)77(45-35-38-62-55(39-45)49-25-14-18-30-61(49)78(62)44-22-9-8-10-23-44)47-34-37-52-59(41-47)76(6,7)71-69(52)73-68(54-28-16-20-32-64(54)80-73)66-50-26-13-17-29-57(50)75(4,5)70(66)71/h8-42H,1-7H3. The zero-order valence-corrected chi connectivity index (χ0v) is 45.9. The van der Waals surface area contributed by atoms with Crippen LogP contribution in [-0.2, 0) is 16.2 Å². The number of rotatable bonds is 5. The van der Waals surface area contributed by atoms with Crippen molar-refractivity contribution >= 4 is 82.7 Å². The first kappa shape index (κ1) is 45.6. The van der Waals surface area contributed by atoms with Gasteiger partial charge in [0.1, 0.15) is 22.3 Å². The number of hydrogen-bond acceptors (Lipinski definition) is 3. The highest BCUT2D eigenvalue weighted by Crippen LogP contribution is 2.64. The van der Waals surface area contributed by atoms with Gasteiger partial charge in [0.2, 0.25) is 0 Å². The first-order valence-corrected chi connectivity index (χ1v) is 28.2. The molecule has 3 heterocycles. The van der Waals surface area contributed by atoms with E-state index in [4.69, 9.17) is 8.83 Å². The lowest BCUT2D eigenvalue weighted by molar-refractivity contribution is 0.600. The van der Waals surface area contributed by atoms with E-state index in [1.165, 1.54) is 116 Å². The number of aromatic nitrogens is 1. The predicted molar refractivity (Wildman–Crippen MR) is 333 cm³/mol. The zero-order valence-electron chi connectivity index (χ0n) is 45.9. The fourth-order valence-corrected chi connectivity index (χ4v) is 15.4. The van der Waals surface area contributed by atoms with Crippen molar-refractivity contribution < 1.29 is 8.83 Å². The van der Waals surface area contributed by atoms with Crippen molar-refractivity contribution in [2.75, 3.05) is 4.90 Å². The summed E-state index contributed by atoms with van der Waals surface area (Å²) in [7, 11) is 0. The highest BCUT2D eigenvalue weighted by atomic mass is 16.3. The smallest absolute Gasteiger partial charge is 0.144 e. The maximum Gasteiger partial charge on any atom is 0.144 e. The fraction of sp³-hybridized carbons (Fsp3) is 0.132. The van der Waals surface area contributed by atoms with E-state index in [0.717, 1.165) is 56.0 Å². The highest BCUT2D eigenvalue weighted by Gasteiger charge is 2.49. The van der Waals surface area contributed by atoms with E-state index in [1.54, 1.807) is 0 Å². The number of para-hydroxylation sites is 4. The molecule has 0 spiro atoms. The summed E-state index contributed by atoms with van der Waals surface area (Å²) >= 11 is 0. The molecule has 0 radical (unpaired) electrons. The van der Waals surface area contributed by atoms with Crippen LogP contribution in [-0.4, -0.2) is 4.57 Å². The molecular weight excluding hydrogens is 973 g/mol. The second-order valence-corrected chi connectivity index (χ2v) is 24.4. The van der Waals surface area contributed by atoms with Gasteiger partial charge in [-0.25, -0.2) is 0 Å². The number of hydrogen-bond donors (Lipinski definition) is 0. The summed E-state index contributed by atoms with van der Waals surface area (Å²) in [4.78, 5) is 2.52. The van der Waals surface area contributed by atoms with Gasteiger partial charge in [-0.15, -0.1) is 0 Å². The maximum atomic E-state index is 7.13. The van der Waals surface area contributed by atoms with Gasteiger partial charge in [0.25, 0.3) is 0 Å². The molecule has 80 heavy (non-hydrogen) atoms. The Morgan fingerprint density at radius 3 is 1.59 bits per heavy atom. The van der Waals surface area contributed by atoms with E-state index in [0.29, 0.717) is 0 Å². The van der Waals surface area contributed by atoms with Crippen LogP contribution in [0.15, 0.2) is 221 Å².